The molecule has 2 fully saturated rings. The third-order valence-electron chi connectivity index (χ3n) is 7.40. The zero-order valence-electron chi connectivity index (χ0n) is 21.7. The van der Waals surface area contributed by atoms with Gasteiger partial charge < -0.3 is 9.47 Å². The van der Waals surface area contributed by atoms with Crippen molar-refractivity contribution >= 4 is 28.8 Å². The number of rotatable bonds is 6. The Kier molecular flexibility index (Phi) is 7.32. The van der Waals surface area contributed by atoms with Gasteiger partial charge in [0.25, 0.3) is 5.91 Å². The first kappa shape index (κ1) is 25.1. The summed E-state index contributed by atoms with van der Waals surface area (Å²) in [5, 5.41) is 10.9. The van der Waals surface area contributed by atoms with Crippen LogP contribution >= 0.6 is 0 Å². The van der Waals surface area contributed by atoms with Crippen molar-refractivity contribution in [3.63, 3.8) is 0 Å². The Morgan fingerprint density at radius 3 is 2.65 bits per heavy atom. The molecule has 9 heteroatoms. The molecule has 2 aromatic heterocycles. The summed E-state index contributed by atoms with van der Waals surface area (Å²) in [6.07, 6.45) is 8.15. The lowest BCUT2D eigenvalue weighted by Gasteiger charge is -2.26. The van der Waals surface area contributed by atoms with Gasteiger partial charge in [0.1, 0.15) is 0 Å². The van der Waals surface area contributed by atoms with E-state index in [2.05, 4.69) is 50.6 Å². The quantitative estimate of drug-likeness (QED) is 0.513. The van der Waals surface area contributed by atoms with E-state index in [1.807, 2.05) is 4.90 Å². The molecule has 2 aliphatic rings. The van der Waals surface area contributed by atoms with Crippen LogP contribution in [0.2, 0.25) is 0 Å². The normalized spacial score (nSPS) is 18.6. The first-order valence-electron chi connectivity index (χ1n) is 13.2. The van der Waals surface area contributed by atoms with Crippen molar-refractivity contribution in [2.24, 2.45) is 0 Å². The minimum absolute atomic E-state index is 0.0212. The van der Waals surface area contributed by atoms with E-state index >= 15 is 0 Å². The number of aryl methyl sites for hydroxylation is 2. The lowest BCUT2D eigenvalue weighted by Crippen LogP contribution is -2.34. The molecule has 1 atom stereocenters. The number of imidazole rings is 1. The molecule has 0 unspecified atom stereocenters. The van der Waals surface area contributed by atoms with Gasteiger partial charge in [0.05, 0.1) is 34.5 Å². The molecule has 0 saturated carbocycles. The van der Waals surface area contributed by atoms with Crippen LogP contribution in [0.5, 0.6) is 0 Å². The average molecular weight is 502 g/mol. The number of fused-ring (bicyclic) bond motifs is 1. The lowest BCUT2D eigenvalue weighted by atomic mass is 10.1. The molecule has 9 nitrogen and oxygen atoms in total. The summed E-state index contributed by atoms with van der Waals surface area (Å²) in [5.74, 6) is 0.149. The highest BCUT2D eigenvalue weighted by Crippen LogP contribution is 2.33. The summed E-state index contributed by atoms with van der Waals surface area (Å²) in [6.45, 7) is 12.0. The molecule has 2 amide bonds. The molecule has 2 aliphatic heterocycles. The van der Waals surface area contributed by atoms with Crippen molar-refractivity contribution in [3.05, 3.63) is 59.4 Å². The van der Waals surface area contributed by atoms with Gasteiger partial charge in [-0.1, -0.05) is 12.6 Å². The number of carbonyl (C=O) groups excluding carboxylic acids is 2. The number of amides is 2. The van der Waals surface area contributed by atoms with Crippen LogP contribution in [0.4, 0.5) is 5.95 Å². The van der Waals surface area contributed by atoms with Gasteiger partial charge in [-0.3, -0.25) is 19.8 Å². The number of benzene rings is 1. The van der Waals surface area contributed by atoms with Crippen molar-refractivity contribution in [2.75, 3.05) is 31.5 Å². The highest BCUT2D eigenvalue weighted by Gasteiger charge is 2.27. The van der Waals surface area contributed by atoms with E-state index in [0.29, 0.717) is 30.3 Å². The molecular formula is C28H35N7O2. The second-order valence-corrected chi connectivity index (χ2v) is 10.2. The molecule has 194 valence electrons. The number of carbonyl (C=O) groups is 2. The number of aromatic nitrogens is 4. The standard InChI is InChI=1S/C28H35N7O2/c1-4-25(36)34-12-6-5-9-23(18-34)35-26-19(2)13-21(17-33-10-7-8-11-33)15-24(26)30-28(35)31-27(37)22-14-20(3)32-29-16-22/h4,13-16,23H,1,5-12,17-18H2,2-3H3,(H,30,31,37)/t23-/m1/s1. The van der Waals surface area contributed by atoms with Crippen molar-refractivity contribution in [3.8, 4) is 0 Å². The summed E-state index contributed by atoms with van der Waals surface area (Å²) < 4.78 is 2.14. The second-order valence-electron chi connectivity index (χ2n) is 10.2. The monoisotopic (exact) mass is 501 g/mol. The average Bonchev–Trinajstić information content (AvgIpc) is 3.44. The van der Waals surface area contributed by atoms with Crippen LogP contribution in [-0.4, -0.2) is 67.5 Å². The first-order chi connectivity index (χ1) is 17.9. The molecule has 4 heterocycles. The lowest BCUT2D eigenvalue weighted by molar-refractivity contribution is -0.126. The maximum Gasteiger partial charge on any atom is 0.259 e. The van der Waals surface area contributed by atoms with E-state index < -0.39 is 0 Å². The number of anilines is 1. The molecule has 0 bridgehead atoms. The molecule has 37 heavy (non-hydrogen) atoms. The Labute approximate surface area is 217 Å². The van der Waals surface area contributed by atoms with Gasteiger partial charge in [-0.05, 0) is 88.4 Å². The maximum atomic E-state index is 13.2. The smallest absolute Gasteiger partial charge is 0.259 e. The Bertz CT molecular complexity index is 1330. The zero-order chi connectivity index (χ0) is 25.9. The van der Waals surface area contributed by atoms with Crippen molar-refractivity contribution < 1.29 is 9.59 Å². The van der Waals surface area contributed by atoms with E-state index in [9.17, 15) is 9.59 Å². The SMILES string of the molecule is C=CC(=O)N1CCCC[C@@H](n2c(NC(=O)c3cnnc(C)c3)nc3cc(CN4CCCC4)cc(C)c32)C1. The van der Waals surface area contributed by atoms with Crippen molar-refractivity contribution in [1.29, 1.82) is 0 Å². The van der Waals surface area contributed by atoms with Gasteiger partial charge in [-0.15, -0.1) is 0 Å². The molecule has 0 radical (unpaired) electrons. The largest absolute Gasteiger partial charge is 0.337 e. The fourth-order valence-corrected chi connectivity index (χ4v) is 5.67. The molecule has 1 N–H and O–H groups in total. The number of hydrogen-bond acceptors (Lipinski definition) is 6. The number of likely N-dealkylation sites (tertiary alicyclic amines) is 2. The highest BCUT2D eigenvalue weighted by atomic mass is 16.2. The van der Waals surface area contributed by atoms with Gasteiger partial charge in [-0.25, -0.2) is 4.98 Å². The Hall–Kier alpha value is -3.59. The second kappa shape index (κ2) is 10.8. The Morgan fingerprint density at radius 2 is 1.89 bits per heavy atom. The predicted octanol–water partition coefficient (Wildman–Crippen LogP) is 4.03. The van der Waals surface area contributed by atoms with Crippen molar-refractivity contribution in [2.45, 2.75) is 58.5 Å². The molecule has 3 aromatic rings. The minimum atomic E-state index is -0.280. The molecular weight excluding hydrogens is 466 g/mol. The van der Waals surface area contributed by atoms with E-state index in [4.69, 9.17) is 4.98 Å². The van der Waals surface area contributed by atoms with Crippen LogP contribution in [0.25, 0.3) is 11.0 Å². The van der Waals surface area contributed by atoms with Gasteiger partial charge in [0, 0.05) is 19.6 Å². The first-order valence-corrected chi connectivity index (χ1v) is 13.2. The Morgan fingerprint density at radius 1 is 1.11 bits per heavy atom. The molecule has 0 aliphatic carbocycles. The van der Waals surface area contributed by atoms with E-state index in [-0.39, 0.29) is 17.9 Å². The van der Waals surface area contributed by atoms with Crippen LogP contribution < -0.4 is 5.32 Å². The highest BCUT2D eigenvalue weighted by molar-refractivity contribution is 6.04. The summed E-state index contributed by atoms with van der Waals surface area (Å²) in [4.78, 5) is 35.1. The fraction of sp³-hybridized carbons (Fsp3) is 0.464. The summed E-state index contributed by atoms with van der Waals surface area (Å²) in [6, 6.07) is 6.08. The van der Waals surface area contributed by atoms with Gasteiger partial charge in [0.15, 0.2) is 0 Å². The maximum absolute atomic E-state index is 13.2. The van der Waals surface area contributed by atoms with Gasteiger partial charge in [-0.2, -0.15) is 10.2 Å². The predicted molar refractivity (Wildman–Crippen MR) is 143 cm³/mol. The van der Waals surface area contributed by atoms with Crippen LogP contribution in [0.3, 0.4) is 0 Å². The number of nitrogens with one attached hydrogen (secondary N) is 1. The number of nitrogens with zero attached hydrogens (tertiary/aromatic N) is 6. The topological polar surface area (TPSA) is 96.2 Å². The molecule has 0 spiro atoms. The molecule has 5 rings (SSSR count). The molecule has 1 aromatic carbocycles. The van der Waals surface area contributed by atoms with Crippen molar-refractivity contribution in [1.82, 2.24) is 29.5 Å². The zero-order valence-corrected chi connectivity index (χ0v) is 21.7. The van der Waals surface area contributed by atoms with E-state index in [1.165, 1.54) is 30.7 Å². The summed E-state index contributed by atoms with van der Waals surface area (Å²) in [7, 11) is 0. The third kappa shape index (κ3) is 5.41. The van der Waals surface area contributed by atoms with Crippen LogP contribution in [0.15, 0.2) is 37.1 Å². The van der Waals surface area contributed by atoms with Gasteiger partial charge in [0.2, 0.25) is 11.9 Å². The number of hydrogen-bond donors (Lipinski definition) is 1. The van der Waals surface area contributed by atoms with Crippen LogP contribution in [0, 0.1) is 13.8 Å². The van der Waals surface area contributed by atoms with Gasteiger partial charge >= 0.3 is 0 Å². The summed E-state index contributed by atoms with van der Waals surface area (Å²) in [5.41, 5.74) is 5.31. The van der Waals surface area contributed by atoms with E-state index in [0.717, 1.165) is 55.5 Å². The fourth-order valence-electron chi connectivity index (χ4n) is 5.67. The third-order valence-corrected chi connectivity index (χ3v) is 7.40. The molecule has 2 saturated heterocycles. The summed E-state index contributed by atoms with van der Waals surface area (Å²) >= 11 is 0. The van der Waals surface area contributed by atoms with E-state index in [1.54, 1.807) is 13.0 Å². The van der Waals surface area contributed by atoms with Crippen LogP contribution in [0.1, 0.15) is 65.3 Å². The minimum Gasteiger partial charge on any atom is -0.337 e. The van der Waals surface area contributed by atoms with Crippen LogP contribution in [-0.2, 0) is 11.3 Å². The Balaban J connectivity index is 1.56.